The molecule has 0 aliphatic rings. The quantitative estimate of drug-likeness (QED) is 0.163. The Morgan fingerprint density at radius 2 is 0.933 bits per heavy atom. The molecular weight excluding hydrogens is 618 g/mol. The SMILES string of the molecule is CCCCCCc1nc(-c2nc(CCCCCC)[c]([Sn]([CH3])([CH3])[CH3])s2)s[c]1[Sn]([CH3])([CH3])[CH3]. The number of nitrogens with zero attached hydrogens (tertiary/aromatic N) is 2. The van der Waals surface area contributed by atoms with Crippen molar-refractivity contribution >= 4 is 65.2 Å². The Hall–Kier alpha value is 0.857. The molecule has 0 aromatic carbocycles. The molecule has 2 nitrogen and oxygen atoms in total. The molecule has 0 fully saturated rings. The maximum absolute atomic E-state index is 5.23. The minimum atomic E-state index is -2.18. The molecule has 2 rings (SSSR count). The summed E-state index contributed by atoms with van der Waals surface area (Å²) in [4.78, 5) is 25.7. The fraction of sp³-hybridized carbons (Fsp3) is 0.750. The molecule has 2 heterocycles. The first-order chi connectivity index (χ1) is 14.1. The third-order valence-electron chi connectivity index (χ3n) is 5.47. The summed E-state index contributed by atoms with van der Waals surface area (Å²) in [7, 11) is 0. The standard InChI is InChI=1S/C18H26N2S2.6CH3.2Sn/c1-3-5-7-9-11-15-13-21-17(19-15)18-20-16(14-22-18)12-10-8-6-4-2;;;;;;;;/h3-12H2,1-2H3;6*1H3;;. The van der Waals surface area contributed by atoms with E-state index >= 15 is 0 Å². The number of aromatic nitrogens is 2. The van der Waals surface area contributed by atoms with E-state index in [1.807, 2.05) is 22.7 Å². The average molecular weight is 662 g/mol. The van der Waals surface area contributed by atoms with E-state index in [-0.39, 0.29) is 0 Å². The van der Waals surface area contributed by atoms with Crippen LogP contribution in [0.2, 0.25) is 29.6 Å². The molecule has 0 unspecified atom stereocenters. The average Bonchev–Trinajstić information content (AvgIpc) is 3.26. The Morgan fingerprint density at radius 1 is 0.567 bits per heavy atom. The Morgan fingerprint density at radius 3 is 1.23 bits per heavy atom. The third kappa shape index (κ3) is 8.02. The molecule has 0 aliphatic carbocycles. The van der Waals surface area contributed by atoms with Crippen molar-refractivity contribution in [2.45, 2.75) is 108 Å². The molecule has 0 saturated heterocycles. The number of hydrogen-bond donors (Lipinski definition) is 0. The normalized spacial score (nSPS) is 12.7. The molecule has 0 N–H and O–H groups in total. The van der Waals surface area contributed by atoms with Crippen molar-refractivity contribution in [3.8, 4) is 10.0 Å². The van der Waals surface area contributed by atoms with Crippen molar-refractivity contribution in [2.75, 3.05) is 0 Å². The van der Waals surface area contributed by atoms with Gasteiger partial charge in [0.2, 0.25) is 0 Å². The van der Waals surface area contributed by atoms with E-state index in [2.05, 4.69) is 43.5 Å². The molecule has 6 heteroatoms. The predicted molar refractivity (Wildman–Crippen MR) is 145 cm³/mol. The fourth-order valence-corrected chi connectivity index (χ4v) is 19.1. The Labute approximate surface area is 202 Å². The molecule has 170 valence electrons. The zero-order valence-corrected chi connectivity index (χ0v) is 28.1. The first-order valence-corrected chi connectivity index (χ1v) is 33.7. The van der Waals surface area contributed by atoms with Crippen LogP contribution in [0.3, 0.4) is 0 Å². The molecule has 0 aliphatic heterocycles. The maximum atomic E-state index is 5.23. The second-order valence-electron chi connectivity index (χ2n) is 10.7. The van der Waals surface area contributed by atoms with Crippen LogP contribution in [0.4, 0.5) is 0 Å². The number of unbranched alkanes of at least 4 members (excludes halogenated alkanes) is 6. The van der Waals surface area contributed by atoms with E-state index in [1.54, 1.807) is 5.79 Å². The van der Waals surface area contributed by atoms with Gasteiger partial charge in [0.1, 0.15) is 0 Å². The van der Waals surface area contributed by atoms with Crippen LogP contribution in [0, 0.1) is 0 Å². The van der Waals surface area contributed by atoms with Crippen molar-refractivity contribution < 1.29 is 0 Å². The van der Waals surface area contributed by atoms with Gasteiger partial charge in [-0.2, -0.15) is 0 Å². The zero-order valence-electron chi connectivity index (χ0n) is 20.8. The predicted octanol–water partition coefficient (Wildman–Crippen LogP) is 7.60. The van der Waals surface area contributed by atoms with Gasteiger partial charge in [0, 0.05) is 0 Å². The van der Waals surface area contributed by atoms with Gasteiger partial charge in [-0.3, -0.25) is 0 Å². The number of hydrogen-bond acceptors (Lipinski definition) is 4. The van der Waals surface area contributed by atoms with E-state index in [4.69, 9.17) is 9.97 Å². The van der Waals surface area contributed by atoms with Crippen LogP contribution in [0.1, 0.15) is 76.6 Å². The van der Waals surface area contributed by atoms with Crippen molar-refractivity contribution in [3.05, 3.63) is 11.4 Å². The summed E-state index contributed by atoms with van der Waals surface area (Å²) in [6.07, 6.45) is 12.9. The van der Waals surface area contributed by atoms with Gasteiger partial charge in [-0.1, -0.05) is 0 Å². The molecule has 0 spiro atoms. The molecule has 30 heavy (non-hydrogen) atoms. The van der Waals surface area contributed by atoms with Crippen LogP contribution in [0.15, 0.2) is 0 Å². The van der Waals surface area contributed by atoms with Crippen molar-refractivity contribution in [1.29, 1.82) is 0 Å². The van der Waals surface area contributed by atoms with Gasteiger partial charge < -0.3 is 0 Å². The summed E-state index contributed by atoms with van der Waals surface area (Å²) in [5.74, 6) is 0. The fourth-order valence-electron chi connectivity index (χ4n) is 3.84. The summed E-state index contributed by atoms with van der Waals surface area (Å²) >= 11 is -0.347. The first-order valence-electron chi connectivity index (χ1n) is 12.1. The van der Waals surface area contributed by atoms with Gasteiger partial charge >= 0.3 is 204 Å². The van der Waals surface area contributed by atoms with Gasteiger partial charge in [0.05, 0.1) is 0 Å². The van der Waals surface area contributed by atoms with Crippen LogP contribution in [0.5, 0.6) is 0 Å². The zero-order chi connectivity index (χ0) is 22.4. The summed E-state index contributed by atoms with van der Waals surface area (Å²) in [5, 5.41) is 2.45. The molecule has 2 aromatic heterocycles. The first kappa shape index (κ1) is 27.1. The van der Waals surface area contributed by atoms with E-state index < -0.39 is 36.8 Å². The number of thiazole rings is 2. The topological polar surface area (TPSA) is 25.8 Å². The van der Waals surface area contributed by atoms with Crippen LogP contribution >= 0.6 is 22.7 Å². The second kappa shape index (κ2) is 12.4. The number of rotatable bonds is 13. The minimum absolute atomic E-state index is 1.17. The van der Waals surface area contributed by atoms with Crippen molar-refractivity contribution in [1.82, 2.24) is 9.97 Å². The summed E-state index contributed by atoms with van der Waals surface area (Å²) < 4.78 is 3.35. The third-order valence-corrected chi connectivity index (χ3v) is 26.8. The van der Waals surface area contributed by atoms with Crippen LogP contribution in [-0.2, 0) is 12.8 Å². The van der Waals surface area contributed by atoms with Crippen LogP contribution in [0.25, 0.3) is 10.0 Å². The van der Waals surface area contributed by atoms with Gasteiger partial charge in [-0.05, 0) is 0 Å². The summed E-state index contributed by atoms with van der Waals surface area (Å²) in [5.41, 5.74) is 2.85. The van der Waals surface area contributed by atoms with E-state index in [9.17, 15) is 0 Å². The summed E-state index contributed by atoms with van der Waals surface area (Å²) in [6.45, 7) is 4.58. The van der Waals surface area contributed by atoms with Crippen molar-refractivity contribution in [3.63, 3.8) is 0 Å². The van der Waals surface area contributed by atoms with Gasteiger partial charge in [0.25, 0.3) is 0 Å². The molecule has 0 atom stereocenters. The van der Waals surface area contributed by atoms with Gasteiger partial charge in [0.15, 0.2) is 0 Å². The Bertz CT molecular complexity index is 716. The monoisotopic (exact) mass is 664 g/mol. The van der Waals surface area contributed by atoms with E-state index in [0.717, 1.165) is 0 Å². The molecule has 0 amide bonds. The molecular formula is C24H44N2S2Sn2. The van der Waals surface area contributed by atoms with E-state index in [0.29, 0.717) is 0 Å². The van der Waals surface area contributed by atoms with E-state index in [1.165, 1.54) is 85.6 Å². The van der Waals surface area contributed by atoms with Crippen LogP contribution in [-0.4, -0.2) is 46.7 Å². The Kier molecular flexibility index (Phi) is 11.2. The molecule has 0 saturated carbocycles. The summed E-state index contributed by atoms with van der Waals surface area (Å²) in [6, 6.07) is 0. The molecule has 0 radical (unpaired) electrons. The number of aryl methyl sites for hydroxylation is 2. The van der Waals surface area contributed by atoms with Crippen molar-refractivity contribution in [2.24, 2.45) is 0 Å². The molecule has 2 aromatic rings. The van der Waals surface area contributed by atoms with Gasteiger partial charge in [-0.25, -0.2) is 0 Å². The second-order valence-corrected chi connectivity index (χ2v) is 43.3. The Balaban J connectivity index is 2.32. The van der Waals surface area contributed by atoms with Gasteiger partial charge in [-0.15, -0.1) is 0 Å². The van der Waals surface area contributed by atoms with Crippen LogP contribution < -0.4 is 5.79 Å². The molecule has 0 bridgehead atoms.